The molecule has 1 fully saturated rings. The van der Waals surface area contributed by atoms with Gasteiger partial charge in [0, 0.05) is 11.6 Å². The van der Waals surface area contributed by atoms with Crippen molar-refractivity contribution in [3.05, 3.63) is 42.0 Å². The van der Waals surface area contributed by atoms with Crippen molar-refractivity contribution < 1.29 is 0 Å². The van der Waals surface area contributed by atoms with Gasteiger partial charge < -0.3 is 0 Å². The van der Waals surface area contributed by atoms with Crippen LogP contribution >= 0.6 is 11.6 Å². The summed E-state index contributed by atoms with van der Waals surface area (Å²) in [5, 5.41) is 8.68. The fourth-order valence-corrected chi connectivity index (χ4v) is 3.07. The fraction of sp³-hybridized carbons (Fsp3) is 0.467. The summed E-state index contributed by atoms with van der Waals surface area (Å²) in [6.45, 7) is 0. The van der Waals surface area contributed by atoms with Gasteiger partial charge in [0.1, 0.15) is 5.82 Å². The molecule has 0 aliphatic heterocycles. The van der Waals surface area contributed by atoms with E-state index in [4.69, 9.17) is 11.6 Å². The summed E-state index contributed by atoms with van der Waals surface area (Å²) in [5.74, 6) is 2.85. The van der Waals surface area contributed by atoms with E-state index in [2.05, 4.69) is 26.9 Å². The Morgan fingerprint density at radius 2 is 1.79 bits per heavy atom. The second kappa shape index (κ2) is 5.74. The minimum Gasteiger partial charge on any atom is -0.282 e. The molecule has 100 valence electrons. The number of hydrogen-bond donors (Lipinski definition) is 0. The Balaban J connectivity index is 2.03. The number of hydrogen-bond acceptors (Lipinski definition) is 2. The molecule has 1 aromatic carbocycles. The summed E-state index contributed by atoms with van der Waals surface area (Å²) < 4.78 is 2.14. The SMILES string of the molecule is ClCc1nnc(C2CCCCC2)n1-c1ccccc1. The minimum absolute atomic E-state index is 0.397. The van der Waals surface area contributed by atoms with Gasteiger partial charge in [-0.15, -0.1) is 21.8 Å². The van der Waals surface area contributed by atoms with E-state index in [1.165, 1.54) is 32.1 Å². The van der Waals surface area contributed by atoms with Gasteiger partial charge in [-0.1, -0.05) is 37.5 Å². The Labute approximate surface area is 118 Å². The maximum absolute atomic E-state index is 6.01. The number of halogens is 1. The fourth-order valence-electron chi connectivity index (χ4n) is 2.90. The number of alkyl halides is 1. The Hall–Kier alpha value is -1.35. The Kier molecular flexibility index (Phi) is 3.83. The molecule has 0 unspecified atom stereocenters. The first-order chi connectivity index (χ1) is 9.40. The van der Waals surface area contributed by atoms with Crippen LogP contribution in [0.1, 0.15) is 49.7 Å². The van der Waals surface area contributed by atoms with Crippen molar-refractivity contribution in [2.75, 3.05) is 0 Å². The molecule has 19 heavy (non-hydrogen) atoms. The lowest BCUT2D eigenvalue weighted by Gasteiger charge is -2.21. The van der Waals surface area contributed by atoms with E-state index < -0.39 is 0 Å². The van der Waals surface area contributed by atoms with Crippen LogP contribution in [-0.2, 0) is 5.88 Å². The Morgan fingerprint density at radius 3 is 2.47 bits per heavy atom. The van der Waals surface area contributed by atoms with E-state index in [1.807, 2.05) is 18.2 Å². The van der Waals surface area contributed by atoms with Gasteiger partial charge in [-0.25, -0.2) is 0 Å². The lowest BCUT2D eigenvalue weighted by Crippen LogP contribution is -2.12. The van der Waals surface area contributed by atoms with Crippen LogP contribution in [0.5, 0.6) is 0 Å². The van der Waals surface area contributed by atoms with Crippen LogP contribution < -0.4 is 0 Å². The number of rotatable bonds is 3. The van der Waals surface area contributed by atoms with Gasteiger partial charge in [-0.2, -0.15) is 0 Å². The van der Waals surface area contributed by atoms with E-state index in [-0.39, 0.29) is 0 Å². The van der Waals surface area contributed by atoms with Gasteiger partial charge in [-0.05, 0) is 25.0 Å². The highest BCUT2D eigenvalue weighted by atomic mass is 35.5. The molecule has 4 heteroatoms. The van der Waals surface area contributed by atoms with Crippen LogP contribution in [-0.4, -0.2) is 14.8 Å². The summed E-state index contributed by atoms with van der Waals surface area (Å²) in [4.78, 5) is 0. The highest BCUT2D eigenvalue weighted by molar-refractivity contribution is 6.16. The normalized spacial score (nSPS) is 16.7. The predicted octanol–water partition coefficient (Wildman–Crippen LogP) is 4.05. The first-order valence-corrected chi connectivity index (χ1v) is 7.49. The lowest BCUT2D eigenvalue weighted by molar-refractivity contribution is 0.424. The van der Waals surface area contributed by atoms with E-state index >= 15 is 0 Å². The van der Waals surface area contributed by atoms with E-state index in [0.717, 1.165) is 17.3 Å². The quantitative estimate of drug-likeness (QED) is 0.791. The van der Waals surface area contributed by atoms with Crippen LogP contribution in [0.25, 0.3) is 5.69 Å². The number of para-hydroxylation sites is 1. The molecule has 3 nitrogen and oxygen atoms in total. The second-order valence-corrected chi connectivity index (χ2v) is 5.38. The molecule has 0 radical (unpaired) electrons. The van der Waals surface area contributed by atoms with Crippen LogP contribution in [0.2, 0.25) is 0 Å². The smallest absolute Gasteiger partial charge is 0.152 e. The lowest BCUT2D eigenvalue weighted by atomic mass is 9.88. The summed E-state index contributed by atoms with van der Waals surface area (Å²) in [6, 6.07) is 10.3. The topological polar surface area (TPSA) is 30.7 Å². The standard InChI is InChI=1S/C15H18ClN3/c16-11-14-17-18-15(12-7-3-1-4-8-12)19(14)13-9-5-2-6-10-13/h2,5-6,9-10,12H,1,3-4,7-8,11H2. The average Bonchev–Trinajstić information content (AvgIpc) is 2.93. The van der Waals surface area contributed by atoms with E-state index in [1.54, 1.807) is 0 Å². The van der Waals surface area contributed by atoms with Crippen LogP contribution in [0.4, 0.5) is 0 Å². The van der Waals surface area contributed by atoms with Gasteiger partial charge in [0.15, 0.2) is 5.82 Å². The van der Waals surface area contributed by atoms with Gasteiger partial charge in [0.05, 0.1) is 5.88 Å². The molecular formula is C15H18ClN3. The molecule has 2 aromatic rings. The molecule has 0 spiro atoms. The van der Waals surface area contributed by atoms with Crippen LogP contribution in [0, 0.1) is 0 Å². The summed E-state index contributed by atoms with van der Waals surface area (Å²) in [7, 11) is 0. The van der Waals surface area contributed by atoms with Crippen molar-refractivity contribution in [1.29, 1.82) is 0 Å². The van der Waals surface area contributed by atoms with Crippen molar-refractivity contribution in [2.45, 2.75) is 43.9 Å². The van der Waals surface area contributed by atoms with Crippen molar-refractivity contribution in [2.24, 2.45) is 0 Å². The molecule has 1 saturated carbocycles. The summed E-state index contributed by atoms with van der Waals surface area (Å²) in [5.41, 5.74) is 1.11. The minimum atomic E-state index is 0.397. The van der Waals surface area contributed by atoms with Crippen molar-refractivity contribution >= 4 is 11.6 Å². The molecule has 1 aromatic heterocycles. The molecule has 0 N–H and O–H groups in total. The molecule has 3 rings (SSSR count). The molecule has 0 amide bonds. The third-order valence-electron chi connectivity index (χ3n) is 3.86. The van der Waals surface area contributed by atoms with Crippen molar-refractivity contribution in [3.8, 4) is 5.69 Å². The molecule has 1 aliphatic rings. The van der Waals surface area contributed by atoms with Gasteiger partial charge in [0.25, 0.3) is 0 Å². The van der Waals surface area contributed by atoms with Gasteiger partial charge in [-0.3, -0.25) is 4.57 Å². The monoisotopic (exact) mass is 275 g/mol. The zero-order valence-corrected chi connectivity index (χ0v) is 11.7. The Morgan fingerprint density at radius 1 is 1.05 bits per heavy atom. The highest BCUT2D eigenvalue weighted by Crippen LogP contribution is 2.33. The van der Waals surface area contributed by atoms with Crippen molar-refractivity contribution in [1.82, 2.24) is 14.8 Å². The third-order valence-corrected chi connectivity index (χ3v) is 4.10. The van der Waals surface area contributed by atoms with Gasteiger partial charge >= 0.3 is 0 Å². The summed E-state index contributed by atoms with van der Waals surface area (Å²) in [6.07, 6.45) is 6.36. The highest BCUT2D eigenvalue weighted by Gasteiger charge is 2.23. The number of benzene rings is 1. The maximum Gasteiger partial charge on any atom is 0.152 e. The zero-order valence-electron chi connectivity index (χ0n) is 10.9. The van der Waals surface area contributed by atoms with Gasteiger partial charge in [0.2, 0.25) is 0 Å². The predicted molar refractivity (Wildman–Crippen MR) is 76.7 cm³/mol. The largest absolute Gasteiger partial charge is 0.282 e. The van der Waals surface area contributed by atoms with Crippen LogP contribution in [0.15, 0.2) is 30.3 Å². The Bertz CT molecular complexity index is 530. The van der Waals surface area contributed by atoms with Crippen molar-refractivity contribution in [3.63, 3.8) is 0 Å². The number of nitrogens with zero attached hydrogens (tertiary/aromatic N) is 3. The molecule has 1 aliphatic carbocycles. The molecule has 0 saturated heterocycles. The third kappa shape index (κ3) is 2.52. The molecular weight excluding hydrogens is 258 g/mol. The summed E-state index contributed by atoms with van der Waals surface area (Å²) >= 11 is 6.01. The first kappa shape index (κ1) is 12.7. The molecule has 0 atom stereocenters. The molecule has 1 heterocycles. The average molecular weight is 276 g/mol. The molecule has 0 bridgehead atoms. The maximum atomic E-state index is 6.01. The van der Waals surface area contributed by atoms with Crippen LogP contribution in [0.3, 0.4) is 0 Å². The number of aromatic nitrogens is 3. The van der Waals surface area contributed by atoms with E-state index in [9.17, 15) is 0 Å². The second-order valence-electron chi connectivity index (χ2n) is 5.11. The zero-order chi connectivity index (χ0) is 13.1. The van der Waals surface area contributed by atoms with E-state index in [0.29, 0.717) is 11.8 Å². The first-order valence-electron chi connectivity index (χ1n) is 6.95.